The smallest absolute Gasteiger partial charge is 0.252 e. The molecule has 0 fully saturated rings. The van der Waals surface area contributed by atoms with Crippen LogP contribution >= 0.6 is 11.6 Å². The minimum Gasteiger partial charge on any atom is -0.497 e. The maximum Gasteiger partial charge on any atom is 0.252 e. The van der Waals surface area contributed by atoms with E-state index in [0.29, 0.717) is 12.0 Å². The Labute approximate surface area is 147 Å². The topological polar surface area (TPSA) is 62.1 Å². The van der Waals surface area contributed by atoms with Crippen molar-refractivity contribution in [3.63, 3.8) is 0 Å². The molecule has 0 spiro atoms. The summed E-state index contributed by atoms with van der Waals surface area (Å²) in [6.07, 6.45) is 0.332. The van der Waals surface area contributed by atoms with Gasteiger partial charge in [0.25, 0.3) is 5.91 Å². The Hall–Kier alpha value is -2.51. The maximum absolute atomic E-state index is 12.6. The lowest BCUT2D eigenvalue weighted by molar-refractivity contribution is 0.0939. The summed E-state index contributed by atoms with van der Waals surface area (Å²) in [5, 5.41) is 11.2. The summed E-state index contributed by atoms with van der Waals surface area (Å²) in [4.78, 5) is 12.6. The zero-order valence-corrected chi connectivity index (χ0v) is 14.4. The van der Waals surface area contributed by atoms with Crippen LogP contribution in [-0.4, -0.2) is 18.4 Å². The zero-order chi connectivity index (χ0) is 17.5. The molecule has 0 aliphatic rings. The fourth-order valence-electron chi connectivity index (χ4n) is 2.41. The highest BCUT2D eigenvalue weighted by Gasteiger charge is 2.16. The molecule has 0 aliphatic heterocycles. The van der Waals surface area contributed by atoms with Gasteiger partial charge in [-0.25, -0.2) is 0 Å². The molecule has 0 saturated carbocycles. The van der Waals surface area contributed by atoms with Gasteiger partial charge in [0, 0.05) is 12.0 Å². The van der Waals surface area contributed by atoms with Gasteiger partial charge < -0.3 is 10.1 Å². The highest BCUT2D eigenvalue weighted by Crippen LogP contribution is 2.19. The van der Waals surface area contributed by atoms with E-state index in [9.17, 15) is 4.79 Å². The molecule has 124 valence electrons. The largest absolute Gasteiger partial charge is 0.497 e. The van der Waals surface area contributed by atoms with Gasteiger partial charge in [-0.15, -0.1) is 11.6 Å². The quantitative estimate of drug-likeness (QED) is 0.811. The van der Waals surface area contributed by atoms with E-state index in [1.54, 1.807) is 19.2 Å². The van der Waals surface area contributed by atoms with Gasteiger partial charge in [-0.05, 0) is 36.2 Å². The number of nitriles is 1. The summed E-state index contributed by atoms with van der Waals surface area (Å²) in [5.74, 6) is 0.586. The predicted molar refractivity (Wildman–Crippen MR) is 94.3 cm³/mol. The van der Waals surface area contributed by atoms with Crippen LogP contribution in [0, 0.1) is 11.3 Å². The Morgan fingerprint density at radius 3 is 2.54 bits per heavy atom. The summed E-state index contributed by atoms with van der Waals surface area (Å²) in [6, 6.07) is 16.6. The molecule has 0 bridgehead atoms. The number of benzene rings is 2. The third kappa shape index (κ3) is 4.50. The van der Waals surface area contributed by atoms with Gasteiger partial charge in [-0.2, -0.15) is 5.26 Å². The average molecular weight is 343 g/mol. The molecule has 4 nitrogen and oxygen atoms in total. The van der Waals surface area contributed by atoms with E-state index >= 15 is 0 Å². The third-order valence-corrected chi connectivity index (χ3v) is 4.02. The molecule has 1 amide bonds. The number of nitrogens with one attached hydrogen (secondary N) is 1. The highest BCUT2D eigenvalue weighted by molar-refractivity contribution is 6.22. The first kappa shape index (κ1) is 17.8. The number of ether oxygens (including phenoxy) is 1. The number of alkyl halides is 1. The minimum absolute atomic E-state index is 0.153. The number of nitrogens with zero attached hydrogens (tertiary/aromatic N) is 1. The number of amides is 1. The monoisotopic (exact) mass is 342 g/mol. The van der Waals surface area contributed by atoms with Crippen molar-refractivity contribution >= 4 is 17.5 Å². The highest BCUT2D eigenvalue weighted by atomic mass is 35.5. The van der Waals surface area contributed by atoms with Gasteiger partial charge in [0.1, 0.15) is 11.1 Å². The summed E-state index contributed by atoms with van der Waals surface area (Å²) < 4.78 is 5.14. The normalized spacial score (nSPS) is 12.8. The van der Waals surface area contributed by atoms with Crippen LogP contribution in [0.3, 0.4) is 0 Å². The van der Waals surface area contributed by atoms with Crippen molar-refractivity contribution in [3.05, 3.63) is 65.2 Å². The molecule has 0 saturated heterocycles. The Morgan fingerprint density at radius 1 is 1.25 bits per heavy atom. The number of hydrogen-bond donors (Lipinski definition) is 1. The SMILES string of the molecule is COc1ccc(C(C)NC(=O)c2ccccc2CC(Cl)C#N)cc1. The standard InChI is InChI=1S/C19H19ClN2O2/c1-13(14-7-9-17(24-2)10-8-14)22-19(23)18-6-4-3-5-15(18)11-16(20)12-21/h3-10,13,16H,11H2,1-2H3,(H,22,23). The van der Waals surface area contributed by atoms with Crippen molar-refractivity contribution in [2.45, 2.75) is 24.8 Å². The van der Waals surface area contributed by atoms with Gasteiger partial charge in [0.2, 0.25) is 0 Å². The van der Waals surface area contributed by atoms with Crippen molar-refractivity contribution in [1.82, 2.24) is 5.32 Å². The first-order chi connectivity index (χ1) is 11.5. The van der Waals surface area contributed by atoms with Gasteiger partial charge >= 0.3 is 0 Å². The predicted octanol–water partition coefficient (Wildman–Crippen LogP) is 3.86. The van der Waals surface area contributed by atoms with Gasteiger partial charge in [0.05, 0.1) is 19.2 Å². The molecule has 2 atom stereocenters. The molecule has 2 rings (SSSR count). The molecular weight excluding hydrogens is 324 g/mol. The second kappa shape index (κ2) is 8.37. The molecule has 2 aromatic carbocycles. The van der Waals surface area contributed by atoms with E-state index < -0.39 is 5.38 Å². The molecule has 1 N–H and O–H groups in total. The Bertz CT molecular complexity index is 738. The van der Waals surface area contributed by atoms with E-state index in [0.717, 1.165) is 16.9 Å². The Balaban J connectivity index is 2.13. The lowest BCUT2D eigenvalue weighted by atomic mass is 10.0. The molecule has 0 aliphatic carbocycles. The summed E-state index contributed by atoms with van der Waals surface area (Å²) in [7, 11) is 1.61. The lowest BCUT2D eigenvalue weighted by Crippen LogP contribution is -2.27. The number of carbonyl (C=O) groups excluding carboxylic acids is 1. The number of carbonyl (C=O) groups is 1. The Kier molecular flexibility index (Phi) is 6.22. The average Bonchev–Trinajstić information content (AvgIpc) is 2.62. The van der Waals surface area contributed by atoms with Gasteiger partial charge in [-0.1, -0.05) is 30.3 Å². The molecule has 2 unspecified atom stereocenters. The van der Waals surface area contributed by atoms with Crippen LogP contribution < -0.4 is 10.1 Å². The number of halogens is 1. The third-order valence-electron chi connectivity index (χ3n) is 3.76. The van der Waals surface area contributed by atoms with Crippen molar-refractivity contribution in [1.29, 1.82) is 5.26 Å². The molecule has 2 aromatic rings. The molecule has 24 heavy (non-hydrogen) atoms. The maximum atomic E-state index is 12.6. The van der Waals surface area contributed by atoms with E-state index in [1.807, 2.05) is 49.4 Å². The number of hydrogen-bond acceptors (Lipinski definition) is 3. The summed E-state index contributed by atoms with van der Waals surface area (Å²) in [5.41, 5.74) is 2.28. The van der Waals surface area contributed by atoms with Crippen molar-refractivity contribution < 1.29 is 9.53 Å². The molecule has 0 aromatic heterocycles. The van der Waals surface area contributed by atoms with Crippen molar-refractivity contribution in [2.75, 3.05) is 7.11 Å². The fraction of sp³-hybridized carbons (Fsp3) is 0.263. The van der Waals surface area contributed by atoms with Gasteiger partial charge in [-0.3, -0.25) is 4.79 Å². The zero-order valence-electron chi connectivity index (χ0n) is 13.6. The lowest BCUT2D eigenvalue weighted by Gasteiger charge is -2.16. The van der Waals surface area contributed by atoms with Crippen LogP contribution in [0.2, 0.25) is 0 Å². The van der Waals surface area contributed by atoms with Crippen LogP contribution in [0.5, 0.6) is 5.75 Å². The van der Waals surface area contributed by atoms with E-state index in [-0.39, 0.29) is 11.9 Å². The number of methoxy groups -OCH3 is 1. The Morgan fingerprint density at radius 2 is 1.92 bits per heavy atom. The van der Waals surface area contributed by atoms with Crippen molar-refractivity contribution in [2.24, 2.45) is 0 Å². The second-order valence-corrected chi connectivity index (χ2v) is 5.95. The van der Waals surface area contributed by atoms with Crippen LogP contribution in [0.15, 0.2) is 48.5 Å². The second-order valence-electron chi connectivity index (χ2n) is 5.43. The van der Waals surface area contributed by atoms with E-state index in [2.05, 4.69) is 5.32 Å². The first-order valence-electron chi connectivity index (χ1n) is 7.61. The number of rotatable bonds is 6. The van der Waals surface area contributed by atoms with Crippen LogP contribution in [-0.2, 0) is 6.42 Å². The molecular formula is C19H19ClN2O2. The molecule has 0 radical (unpaired) electrons. The van der Waals surface area contributed by atoms with Crippen molar-refractivity contribution in [3.8, 4) is 11.8 Å². The van der Waals surface area contributed by atoms with E-state index in [4.69, 9.17) is 21.6 Å². The van der Waals surface area contributed by atoms with Crippen LogP contribution in [0.4, 0.5) is 0 Å². The summed E-state index contributed by atoms with van der Waals surface area (Å²) in [6.45, 7) is 1.92. The summed E-state index contributed by atoms with van der Waals surface area (Å²) >= 11 is 5.90. The molecule has 5 heteroatoms. The van der Waals surface area contributed by atoms with E-state index in [1.165, 1.54) is 0 Å². The molecule has 0 heterocycles. The van der Waals surface area contributed by atoms with Crippen LogP contribution in [0.25, 0.3) is 0 Å². The van der Waals surface area contributed by atoms with Crippen LogP contribution in [0.1, 0.15) is 34.5 Å². The van der Waals surface area contributed by atoms with Gasteiger partial charge in [0.15, 0.2) is 0 Å². The first-order valence-corrected chi connectivity index (χ1v) is 8.05. The minimum atomic E-state index is -0.655. The fourth-order valence-corrected chi connectivity index (χ4v) is 2.58.